The molecule has 0 saturated carbocycles. The molecule has 0 aromatic heterocycles. The second kappa shape index (κ2) is 8.04. The van der Waals surface area contributed by atoms with Crippen molar-refractivity contribution in [2.75, 3.05) is 16.6 Å². The van der Waals surface area contributed by atoms with E-state index in [1.807, 2.05) is 37.3 Å². The Bertz CT molecular complexity index is 1220. The molecular weight excluding hydrogens is 400 g/mol. The Kier molecular flexibility index (Phi) is 5.29. The van der Waals surface area contributed by atoms with Gasteiger partial charge in [0.2, 0.25) is 0 Å². The Hall–Kier alpha value is -3.58. The summed E-state index contributed by atoms with van der Waals surface area (Å²) in [6.45, 7) is 2.23. The van der Waals surface area contributed by atoms with Gasteiger partial charge in [0.25, 0.3) is 15.9 Å². The highest BCUT2D eigenvalue weighted by Crippen LogP contribution is 2.39. The number of anilines is 2. The van der Waals surface area contributed by atoms with Crippen molar-refractivity contribution in [2.45, 2.75) is 11.8 Å². The van der Waals surface area contributed by atoms with E-state index in [2.05, 4.69) is 10.0 Å². The first-order chi connectivity index (χ1) is 14.5. The topological polar surface area (TPSA) is 84.5 Å². The van der Waals surface area contributed by atoms with Crippen LogP contribution in [0.2, 0.25) is 0 Å². The number of nitrogens with one attached hydrogen (secondary N) is 2. The minimum atomic E-state index is -3.75. The molecule has 0 saturated heterocycles. The summed E-state index contributed by atoms with van der Waals surface area (Å²) < 4.78 is 33.8. The SMILES string of the molecule is CCO/C(=C1/C(=O)Nc2ccc(NS(=O)(=O)c3ccccc3)cc21)c1ccccc1. The molecule has 0 atom stereocenters. The number of carbonyl (C=O) groups excluding carboxylic acids is 1. The first-order valence-electron chi connectivity index (χ1n) is 9.46. The number of fused-ring (bicyclic) bond motifs is 1. The van der Waals surface area contributed by atoms with Gasteiger partial charge in [-0.1, -0.05) is 48.5 Å². The average molecular weight is 420 g/mol. The van der Waals surface area contributed by atoms with Gasteiger partial charge in [0, 0.05) is 22.5 Å². The first kappa shape index (κ1) is 19.7. The van der Waals surface area contributed by atoms with Gasteiger partial charge in [-0.2, -0.15) is 0 Å². The maximum absolute atomic E-state index is 12.8. The van der Waals surface area contributed by atoms with Crippen LogP contribution in [0.5, 0.6) is 0 Å². The van der Waals surface area contributed by atoms with Gasteiger partial charge in [-0.05, 0) is 37.3 Å². The Morgan fingerprint density at radius 2 is 1.63 bits per heavy atom. The molecule has 0 bridgehead atoms. The largest absolute Gasteiger partial charge is 0.492 e. The predicted molar refractivity (Wildman–Crippen MR) is 117 cm³/mol. The Balaban J connectivity index is 1.78. The lowest BCUT2D eigenvalue weighted by molar-refractivity contribution is -0.110. The summed E-state index contributed by atoms with van der Waals surface area (Å²) in [6, 6.07) is 22.4. The number of sulfonamides is 1. The molecule has 3 aromatic carbocycles. The number of hydrogen-bond donors (Lipinski definition) is 2. The molecule has 1 amide bonds. The van der Waals surface area contributed by atoms with E-state index in [0.717, 1.165) is 5.56 Å². The minimum absolute atomic E-state index is 0.162. The van der Waals surface area contributed by atoms with Crippen molar-refractivity contribution in [3.05, 3.63) is 90.0 Å². The van der Waals surface area contributed by atoms with Crippen LogP contribution in [-0.4, -0.2) is 20.9 Å². The highest BCUT2D eigenvalue weighted by atomic mass is 32.2. The molecule has 2 N–H and O–H groups in total. The molecule has 3 aromatic rings. The fourth-order valence-electron chi connectivity index (χ4n) is 3.30. The fraction of sp³-hybridized carbons (Fsp3) is 0.0870. The summed E-state index contributed by atoms with van der Waals surface area (Å²) >= 11 is 0. The normalized spacial score (nSPS) is 14.6. The summed E-state index contributed by atoms with van der Waals surface area (Å²) in [5.41, 5.74) is 2.69. The molecule has 1 aliphatic rings. The molecule has 0 spiro atoms. The molecule has 0 aliphatic carbocycles. The Morgan fingerprint density at radius 1 is 0.967 bits per heavy atom. The maximum atomic E-state index is 12.8. The van der Waals surface area contributed by atoms with Gasteiger partial charge in [0.15, 0.2) is 0 Å². The highest BCUT2D eigenvalue weighted by Gasteiger charge is 2.30. The predicted octanol–water partition coefficient (Wildman–Crippen LogP) is 4.34. The summed E-state index contributed by atoms with van der Waals surface area (Å²) in [5.74, 6) is 0.165. The third-order valence-electron chi connectivity index (χ3n) is 4.62. The van der Waals surface area contributed by atoms with Crippen LogP contribution in [0, 0.1) is 0 Å². The zero-order valence-electron chi connectivity index (χ0n) is 16.3. The summed E-state index contributed by atoms with van der Waals surface area (Å²) in [7, 11) is -3.75. The van der Waals surface area contributed by atoms with E-state index in [9.17, 15) is 13.2 Å². The number of amides is 1. The molecule has 6 nitrogen and oxygen atoms in total. The van der Waals surface area contributed by atoms with Crippen molar-refractivity contribution in [3.63, 3.8) is 0 Å². The zero-order chi connectivity index (χ0) is 21.1. The van der Waals surface area contributed by atoms with Crippen molar-refractivity contribution in [1.29, 1.82) is 0 Å². The van der Waals surface area contributed by atoms with Crippen LogP contribution in [0.3, 0.4) is 0 Å². The highest BCUT2D eigenvalue weighted by molar-refractivity contribution is 7.92. The lowest BCUT2D eigenvalue weighted by Crippen LogP contribution is -2.12. The van der Waals surface area contributed by atoms with Crippen molar-refractivity contribution >= 4 is 38.6 Å². The quantitative estimate of drug-likeness (QED) is 0.459. The third-order valence-corrected chi connectivity index (χ3v) is 6.02. The van der Waals surface area contributed by atoms with Gasteiger partial charge in [-0.25, -0.2) is 8.42 Å². The number of benzene rings is 3. The monoisotopic (exact) mass is 420 g/mol. The number of hydrogen-bond acceptors (Lipinski definition) is 4. The van der Waals surface area contributed by atoms with Crippen LogP contribution in [0.4, 0.5) is 11.4 Å². The van der Waals surface area contributed by atoms with E-state index in [1.54, 1.807) is 36.4 Å². The second-order valence-corrected chi connectivity index (χ2v) is 8.32. The molecular formula is C23H20N2O4S. The van der Waals surface area contributed by atoms with Crippen LogP contribution < -0.4 is 10.0 Å². The summed E-state index contributed by atoms with van der Waals surface area (Å²) in [5, 5.41) is 2.82. The molecule has 0 fully saturated rings. The van der Waals surface area contributed by atoms with E-state index < -0.39 is 10.0 Å². The zero-order valence-corrected chi connectivity index (χ0v) is 17.1. The van der Waals surface area contributed by atoms with Crippen LogP contribution in [-0.2, 0) is 19.6 Å². The molecule has 7 heteroatoms. The number of ether oxygens (including phenoxy) is 1. The van der Waals surface area contributed by atoms with Gasteiger partial charge in [0.05, 0.1) is 17.1 Å². The van der Waals surface area contributed by atoms with Crippen molar-refractivity contribution in [3.8, 4) is 0 Å². The third kappa shape index (κ3) is 3.79. The van der Waals surface area contributed by atoms with E-state index >= 15 is 0 Å². The second-order valence-electron chi connectivity index (χ2n) is 6.64. The van der Waals surface area contributed by atoms with Crippen LogP contribution in [0.1, 0.15) is 18.1 Å². The Morgan fingerprint density at radius 3 is 2.30 bits per heavy atom. The van der Waals surface area contributed by atoms with E-state index in [4.69, 9.17) is 4.74 Å². The van der Waals surface area contributed by atoms with E-state index in [0.29, 0.717) is 34.9 Å². The molecule has 152 valence electrons. The lowest BCUT2D eigenvalue weighted by atomic mass is 10.0. The van der Waals surface area contributed by atoms with E-state index in [1.165, 1.54) is 12.1 Å². The van der Waals surface area contributed by atoms with Crippen LogP contribution in [0.25, 0.3) is 11.3 Å². The van der Waals surface area contributed by atoms with Gasteiger partial charge >= 0.3 is 0 Å². The van der Waals surface area contributed by atoms with E-state index in [-0.39, 0.29) is 10.8 Å². The smallest absolute Gasteiger partial charge is 0.261 e. The lowest BCUT2D eigenvalue weighted by Gasteiger charge is -2.13. The van der Waals surface area contributed by atoms with Gasteiger partial charge in [0.1, 0.15) is 5.76 Å². The minimum Gasteiger partial charge on any atom is -0.492 e. The summed E-state index contributed by atoms with van der Waals surface area (Å²) in [6.07, 6.45) is 0. The molecule has 4 rings (SSSR count). The maximum Gasteiger partial charge on any atom is 0.261 e. The molecule has 1 aliphatic heterocycles. The van der Waals surface area contributed by atoms with Gasteiger partial charge < -0.3 is 10.1 Å². The van der Waals surface area contributed by atoms with Gasteiger partial charge in [-0.3, -0.25) is 9.52 Å². The van der Waals surface area contributed by atoms with Crippen molar-refractivity contribution < 1.29 is 17.9 Å². The standard InChI is InChI=1S/C23H20N2O4S/c1-2-29-22(16-9-5-3-6-10-16)21-19-15-17(13-14-20(19)24-23(21)26)25-30(27,28)18-11-7-4-8-12-18/h3-15,25H,2H2,1H3,(H,24,26)/b22-21+. The number of rotatable bonds is 6. The van der Waals surface area contributed by atoms with Crippen LogP contribution in [0.15, 0.2) is 83.8 Å². The van der Waals surface area contributed by atoms with Crippen molar-refractivity contribution in [1.82, 2.24) is 0 Å². The van der Waals surface area contributed by atoms with Gasteiger partial charge in [-0.15, -0.1) is 0 Å². The molecule has 1 heterocycles. The van der Waals surface area contributed by atoms with Crippen LogP contribution >= 0.6 is 0 Å². The Labute approximate surface area is 175 Å². The first-order valence-corrected chi connectivity index (χ1v) is 10.9. The number of carbonyl (C=O) groups is 1. The van der Waals surface area contributed by atoms with Crippen molar-refractivity contribution in [2.24, 2.45) is 0 Å². The average Bonchev–Trinajstić information content (AvgIpc) is 3.08. The molecule has 0 unspecified atom stereocenters. The fourth-order valence-corrected chi connectivity index (χ4v) is 4.37. The summed E-state index contributed by atoms with van der Waals surface area (Å²) in [4.78, 5) is 12.9. The molecule has 30 heavy (non-hydrogen) atoms. The molecule has 0 radical (unpaired) electrons.